The fourth-order valence-corrected chi connectivity index (χ4v) is 9.04. The molecule has 3 atom stereocenters. The summed E-state index contributed by atoms with van der Waals surface area (Å²) in [5, 5.41) is 33.6. The van der Waals surface area contributed by atoms with E-state index in [1.807, 2.05) is 0 Å². The number of amides is 4. The maximum absolute atomic E-state index is 13.2. The number of carboxylic acids is 2. The third-order valence-corrected chi connectivity index (χ3v) is 14.4. The average molecular weight is 1380 g/mol. The van der Waals surface area contributed by atoms with Crippen LogP contribution in [0.2, 0.25) is 0 Å². The number of rotatable bonds is 64. The number of anilines is 2. The largest absolute Gasteiger partial charge is 0.481 e. The smallest absolute Gasteiger partial charge is 0.326 e. The Kier molecular flexibility index (Phi) is 47.3. The number of nitrogens with one attached hydrogen (secondary N) is 6. The van der Waals surface area contributed by atoms with Crippen molar-refractivity contribution in [2.24, 2.45) is 11.8 Å². The Morgan fingerprint density at radius 2 is 1.09 bits per heavy atom. The minimum absolute atomic E-state index is 0.00511. The maximum Gasteiger partial charge on any atom is 0.326 e. The van der Waals surface area contributed by atoms with E-state index in [4.69, 9.17) is 59.0 Å². The second kappa shape index (κ2) is 54.7. The molecule has 0 spiro atoms. The average Bonchev–Trinajstić information content (AvgIpc) is 0.847. The Balaban J connectivity index is 1.18. The predicted molar refractivity (Wildman–Crippen MR) is 352 cm³/mol. The van der Waals surface area contributed by atoms with Crippen molar-refractivity contribution in [1.82, 2.24) is 41.2 Å². The van der Waals surface area contributed by atoms with Crippen molar-refractivity contribution in [2.75, 3.05) is 163 Å². The lowest BCUT2D eigenvalue weighted by Crippen LogP contribution is -2.47. The number of carbonyl (C=O) groups excluding carboxylic acids is 6. The highest BCUT2D eigenvalue weighted by Crippen LogP contribution is 2.19. The number of H-pyrrole nitrogens is 1. The minimum Gasteiger partial charge on any atom is -0.481 e. The number of unbranched alkanes of at least 4 members (excludes halogenated alkanes) is 5. The molecule has 33 nitrogen and oxygen atoms in total. The molecule has 546 valence electrons. The van der Waals surface area contributed by atoms with E-state index in [1.165, 1.54) is 18.3 Å². The van der Waals surface area contributed by atoms with E-state index in [0.29, 0.717) is 142 Å². The van der Waals surface area contributed by atoms with Gasteiger partial charge in [0.2, 0.25) is 23.7 Å². The van der Waals surface area contributed by atoms with Crippen molar-refractivity contribution in [1.29, 1.82) is 0 Å². The van der Waals surface area contributed by atoms with Gasteiger partial charge in [-0.2, -0.15) is 4.98 Å². The maximum atomic E-state index is 13.2. The molecule has 3 rings (SSSR count). The second-order valence-corrected chi connectivity index (χ2v) is 22.2. The van der Waals surface area contributed by atoms with Gasteiger partial charge in [0.1, 0.15) is 23.7 Å². The molecule has 0 saturated heterocycles. The van der Waals surface area contributed by atoms with Gasteiger partial charge in [-0.05, 0) is 82.1 Å². The summed E-state index contributed by atoms with van der Waals surface area (Å²) in [6, 6.07) is 3.90. The number of hydrogen-bond donors (Lipinski definition) is 10. The van der Waals surface area contributed by atoms with Crippen molar-refractivity contribution in [3.8, 4) is 0 Å². The molecule has 33 heteroatoms. The Bertz CT molecular complexity index is 2770. The number of methoxy groups -OCH3 is 1. The second-order valence-electron chi connectivity index (χ2n) is 22.2. The van der Waals surface area contributed by atoms with Gasteiger partial charge in [0.15, 0.2) is 11.2 Å². The SMILES string of the molecule is COCCOCCOCCC(=O)N[C@@H](CCCCNC(=O)CCOCCOCCOCCCCCON)C(=O)NCCOCCOCCOCCOCCC(=O)CCCCC[C@H](CC(=O)CC[C@H](NC(=O)c1ccc(NCc2cnc3nc(N)[nH]c(=O)c3n2)cc1)C(=O)O)C(=O)O. The molecule has 4 amide bonds. The quantitative estimate of drug-likeness (QED) is 0.0285. The molecule has 0 saturated carbocycles. The van der Waals surface area contributed by atoms with Gasteiger partial charge in [0.05, 0.1) is 150 Å². The van der Waals surface area contributed by atoms with Gasteiger partial charge in [-0.3, -0.25) is 43.3 Å². The first-order valence-corrected chi connectivity index (χ1v) is 33.1. The van der Waals surface area contributed by atoms with E-state index in [1.54, 1.807) is 19.2 Å². The first-order chi connectivity index (χ1) is 47.1. The highest BCUT2D eigenvalue weighted by molar-refractivity contribution is 5.97. The minimum atomic E-state index is -1.41. The molecule has 0 radical (unpaired) electrons. The Morgan fingerprint density at radius 1 is 0.526 bits per heavy atom. The lowest BCUT2D eigenvalue weighted by molar-refractivity contribution is -0.144. The van der Waals surface area contributed by atoms with E-state index < -0.39 is 47.2 Å². The number of nitrogen functional groups attached to an aromatic ring is 1. The van der Waals surface area contributed by atoms with Crippen LogP contribution >= 0.6 is 0 Å². The molecule has 0 fully saturated rings. The Hall–Kier alpha value is -7.28. The molecule has 0 bridgehead atoms. The zero-order chi connectivity index (χ0) is 70.4. The van der Waals surface area contributed by atoms with Crippen LogP contribution in [0, 0.1) is 5.92 Å². The monoisotopic (exact) mass is 1380 g/mol. The third kappa shape index (κ3) is 42.2. The predicted octanol–water partition coefficient (Wildman–Crippen LogP) is 1.96. The number of carboxylic acid groups (broad SMARTS) is 2. The van der Waals surface area contributed by atoms with Gasteiger partial charge >= 0.3 is 11.9 Å². The standard InChI is InChI=1S/C64H103N11O22/c1-87-30-31-93-38-34-91-28-21-56(79)72-53(12-6-7-22-67-55(78)20-27-90-35-40-94-37-32-88-24-8-3-9-25-97-66)60(81)68-23-29-92-36-41-96-43-42-95-39-33-89-26-19-51(76)11-5-2-4-10-48(62(83)84)44-52(77)17-18-54(63(85)86)73-59(80)47-13-15-49(16-14-47)69-45-50-46-70-58-57(71-50)61(82)75-64(65)74-58/h13-16,46,48,53-54,69H,2-12,17-45,66H2,1H3,(H,67,78)(H,68,81)(H,72,79)(H,73,80)(H,83,84)(H,85,86)(H3,65,70,74,75,82)/t48-,53+,54+/m1/s1. The lowest BCUT2D eigenvalue weighted by atomic mass is 9.93. The molecule has 0 aliphatic rings. The van der Waals surface area contributed by atoms with Gasteiger partial charge in [0, 0.05) is 76.6 Å². The van der Waals surface area contributed by atoms with Crippen LogP contribution in [-0.2, 0) is 92.3 Å². The molecule has 1 aromatic carbocycles. The van der Waals surface area contributed by atoms with Crippen LogP contribution in [0.5, 0.6) is 0 Å². The highest BCUT2D eigenvalue weighted by atomic mass is 16.6. The van der Waals surface area contributed by atoms with Crippen LogP contribution < -0.4 is 43.8 Å². The molecule has 0 unspecified atom stereocenters. The van der Waals surface area contributed by atoms with Crippen molar-refractivity contribution < 1.29 is 101 Å². The fourth-order valence-electron chi connectivity index (χ4n) is 9.04. The topological polar surface area (TPSA) is 462 Å². The summed E-state index contributed by atoms with van der Waals surface area (Å²) < 4.78 is 54.5. The number of nitrogens with two attached hydrogens (primary N) is 2. The normalized spacial score (nSPS) is 12.2. The number of ether oxygens (including phenoxy) is 10. The van der Waals surface area contributed by atoms with Gasteiger partial charge in [-0.25, -0.2) is 20.7 Å². The number of aromatic nitrogens is 4. The molecular weight excluding hydrogens is 1270 g/mol. The van der Waals surface area contributed by atoms with E-state index >= 15 is 0 Å². The summed E-state index contributed by atoms with van der Waals surface area (Å²) in [6.45, 7) is 7.79. The number of benzene rings is 1. The number of aromatic amines is 1. The van der Waals surface area contributed by atoms with Gasteiger partial charge in [-0.15, -0.1) is 0 Å². The van der Waals surface area contributed by atoms with Crippen LogP contribution in [0.1, 0.15) is 125 Å². The van der Waals surface area contributed by atoms with Gasteiger partial charge in [0.25, 0.3) is 11.5 Å². The van der Waals surface area contributed by atoms with Crippen LogP contribution in [0.4, 0.5) is 11.6 Å². The molecule has 97 heavy (non-hydrogen) atoms. The van der Waals surface area contributed by atoms with E-state index in [2.05, 4.69) is 51.4 Å². The summed E-state index contributed by atoms with van der Waals surface area (Å²) in [6.07, 6.45) is 7.40. The van der Waals surface area contributed by atoms with Crippen molar-refractivity contribution in [3.63, 3.8) is 0 Å². The first kappa shape index (κ1) is 83.9. The number of ketones is 2. The zero-order valence-corrected chi connectivity index (χ0v) is 56.0. The zero-order valence-electron chi connectivity index (χ0n) is 56.0. The number of carbonyl (C=O) groups is 8. The molecule has 0 aliphatic heterocycles. The molecule has 3 aromatic rings. The Morgan fingerprint density at radius 3 is 1.71 bits per heavy atom. The number of nitrogens with zero attached hydrogens (tertiary/aromatic N) is 3. The van der Waals surface area contributed by atoms with E-state index in [-0.39, 0.29) is 157 Å². The van der Waals surface area contributed by atoms with Crippen LogP contribution in [0.25, 0.3) is 11.2 Å². The summed E-state index contributed by atoms with van der Waals surface area (Å²) >= 11 is 0. The molecule has 2 aromatic heterocycles. The molecule has 12 N–H and O–H groups in total. The summed E-state index contributed by atoms with van der Waals surface area (Å²) in [5.41, 5.74) is 6.31. The third-order valence-electron chi connectivity index (χ3n) is 14.4. The van der Waals surface area contributed by atoms with Gasteiger partial charge < -0.3 is 94.7 Å². The van der Waals surface area contributed by atoms with E-state index in [9.17, 15) is 53.4 Å². The number of fused-ring (bicyclic) bond motifs is 1. The van der Waals surface area contributed by atoms with Crippen molar-refractivity contribution in [3.05, 3.63) is 52.1 Å². The lowest BCUT2D eigenvalue weighted by Gasteiger charge is -2.19. The number of Topliss-reactive ketones (excluding diaryl/α,β-unsaturated/α-hetero) is 2. The highest BCUT2D eigenvalue weighted by Gasteiger charge is 2.26. The van der Waals surface area contributed by atoms with Crippen LogP contribution in [0.15, 0.2) is 35.3 Å². The van der Waals surface area contributed by atoms with E-state index in [0.717, 1.165) is 19.3 Å². The number of hydrogen-bond acceptors (Lipinski definition) is 26. The van der Waals surface area contributed by atoms with Crippen molar-refractivity contribution >= 4 is 69.9 Å². The van der Waals surface area contributed by atoms with Crippen LogP contribution in [-0.4, -0.2) is 242 Å². The fraction of sp³-hybridized carbons (Fsp3) is 0.688. The first-order valence-electron chi connectivity index (χ1n) is 33.1. The molecule has 0 aliphatic carbocycles. The number of aliphatic carboxylic acids is 2. The molecule has 2 heterocycles. The van der Waals surface area contributed by atoms with Crippen LogP contribution in [0.3, 0.4) is 0 Å². The summed E-state index contributed by atoms with van der Waals surface area (Å²) in [4.78, 5) is 132. The Labute approximate surface area is 565 Å². The summed E-state index contributed by atoms with van der Waals surface area (Å²) in [7, 11) is 1.58. The van der Waals surface area contributed by atoms with Crippen molar-refractivity contribution in [2.45, 2.75) is 128 Å². The summed E-state index contributed by atoms with van der Waals surface area (Å²) in [5.74, 6) is -0.592. The molecular formula is C64H103N11O22. The van der Waals surface area contributed by atoms with Gasteiger partial charge in [-0.1, -0.05) is 12.8 Å².